The van der Waals surface area contributed by atoms with Crippen LogP contribution in [0.1, 0.15) is 53.7 Å². The van der Waals surface area contributed by atoms with E-state index in [2.05, 4.69) is 5.32 Å². The first-order chi connectivity index (χ1) is 9.69. The smallest absolute Gasteiger partial charge is 0.338 e. The van der Waals surface area contributed by atoms with Gasteiger partial charge in [0.15, 0.2) is 0 Å². The molecule has 1 aromatic rings. The largest absolute Gasteiger partial charge is 0.462 e. The van der Waals surface area contributed by atoms with Gasteiger partial charge in [0.1, 0.15) is 0 Å². The fourth-order valence-electron chi connectivity index (χ4n) is 2.62. The second kappa shape index (κ2) is 6.52. The predicted octanol–water partition coefficient (Wildman–Crippen LogP) is 2.26. The van der Waals surface area contributed by atoms with Gasteiger partial charge in [0, 0.05) is 23.5 Å². The maximum absolute atomic E-state index is 11.9. The molecule has 20 heavy (non-hydrogen) atoms. The first-order valence-electron chi connectivity index (χ1n) is 7.02. The van der Waals surface area contributed by atoms with Crippen molar-refractivity contribution in [2.24, 2.45) is 0 Å². The molecule has 0 amide bonds. The van der Waals surface area contributed by atoms with Gasteiger partial charge in [0.25, 0.3) is 0 Å². The number of piperidine rings is 1. The molecule has 1 saturated heterocycles. The van der Waals surface area contributed by atoms with E-state index < -0.39 is 5.97 Å². The number of rotatable bonds is 4. The zero-order valence-electron chi connectivity index (χ0n) is 11.7. The minimum Gasteiger partial charge on any atom is -0.462 e. The Balaban J connectivity index is 2.37. The van der Waals surface area contributed by atoms with Gasteiger partial charge in [0.2, 0.25) is 0 Å². The number of hydrogen-bond acceptors (Lipinski definition) is 5. The molecule has 0 radical (unpaired) electrons. The summed E-state index contributed by atoms with van der Waals surface area (Å²) in [6, 6.07) is 3.79. The summed E-state index contributed by atoms with van der Waals surface area (Å²) in [5, 5.41) is 11.0. The number of nitrogen functional groups attached to an aromatic ring is 1. The third kappa shape index (κ3) is 2.82. The van der Waals surface area contributed by atoms with Gasteiger partial charge in [-0.25, -0.2) is 4.79 Å². The molecule has 0 bridgehead atoms. The maximum atomic E-state index is 11.9. The maximum Gasteiger partial charge on any atom is 0.338 e. The fraction of sp³-hybridized carbons (Fsp3) is 0.467. The number of ether oxygens (including phenoxy) is 1. The molecule has 0 aromatic heterocycles. The molecule has 4 N–H and O–H groups in total. The normalized spacial score (nSPS) is 18.6. The van der Waals surface area contributed by atoms with Gasteiger partial charge in [-0.15, -0.1) is 0 Å². The van der Waals surface area contributed by atoms with E-state index in [1.807, 2.05) is 6.07 Å². The third-order valence-electron chi connectivity index (χ3n) is 3.65. The lowest BCUT2D eigenvalue weighted by molar-refractivity contribution is 0.0526. The highest BCUT2D eigenvalue weighted by Gasteiger charge is 2.21. The number of hydrogen-bond donors (Lipinski definition) is 3. The number of carbonyl (C=O) groups excluding carboxylic acids is 1. The summed E-state index contributed by atoms with van der Waals surface area (Å²) >= 11 is 0. The molecule has 1 fully saturated rings. The fourth-order valence-corrected chi connectivity index (χ4v) is 2.62. The minimum absolute atomic E-state index is 0.207. The molecule has 1 atom stereocenters. The lowest BCUT2D eigenvalue weighted by atomic mass is 9.92. The summed E-state index contributed by atoms with van der Waals surface area (Å²) in [7, 11) is 0. The Morgan fingerprint density at radius 1 is 1.55 bits per heavy atom. The first-order valence-corrected chi connectivity index (χ1v) is 7.02. The number of carbonyl (C=O) groups is 1. The van der Waals surface area contributed by atoms with E-state index in [0.717, 1.165) is 31.2 Å². The summed E-state index contributed by atoms with van der Waals surface area (Å²) in [6.45, 7) is 3.04. The average Bonchev–Trinajstić information content (AvgIpc) is 2.48. The standard InChI is InChI=1S/C15H21N3O2/c1-2-20-15(19)10-6-7-11(14(17)12(10)9-16)13-5-3-4-8-18-13/h6-7,9,13,16,18H,2-5,8,17H2,1H3. The SMILES string of the molecule is CCOC(=O)c1ccc(C2CCCCN2)c(N)c1C=N. The minimum atomic E-state index is -0.430. The van der Waals surface area contributed by atoms with Crippen molar-refractivity contribution < 1.29 is 9.53 Å². The van der Waals surface area contributed by atoms with Crippen LogP contribution >= 0.6 is 0 Å². The van der Waals surface area contributed by atoms with Gasteiger partial charge in [0.05, 0.1) is 12.2 Å². The van der Waals surface area contributed by atoms with Crippen LogP contribution in [0.25, 0.3) is 0 Å². The summed E-state index contributed by atoms with van der Waals surface area (Å²) in [5.74, 6) is -0.430. The second-order valence-electron chi connectivity index (χ2n) is 4.90. The highest BCUT2D eigenvalue weighted by atomic mass is 16.5. The number of benzene rings is 1. The monoisotopic (exact) mass is 275 g/mol. The zero-order chi connectivity index (χ0) is 14.5. The summed E-state index contributed by atoms with van der Waals surface area (Å²) in [6.07, 6.45) is 4.50. The van der Waals surface area contributed by atoms with E-state index in [1.54, 1.807) is 13.0 Å². The van der Waals surface area contributed by atoms with Crippen molar-refractivity contribution in [2.75, 3.05) is 18.9 Å². The van der Waals surface area contributed by atoms with Crippen molar-refractivity contribution in [3.05, 3.63) is 28.8 Å². The highest BCUT2D eigenvalue weighted by molar-refractivity contribution is 6.02. The molecule has 1 unspecified atom stereocenters. The Kier molecular flexibility index (Phi) is 4.74. The first kappa shape index (κ1) is 14.5. The van der Waals surface area contributed by atoms with E-state index >= 15 is 0 Å². The molecule has 0 aliphatic carbocycles. The van der Waals surface area contributed by atoms with Crippen molar-refractivity contribution in [2.45, 2.75) is 32.2 Å². The second-order valence-corrected chi connectivity index (χ2v) is 4.90. The average molecular weight is 275 g/mol. The van der Waals surface area contributed by atoms with Crippen LogP contribution < -0.4 is 11.1 Å². The van der Waals surface area contributed by atoms with Gasteiger partial charge in [-0.3, -0.25) is 0 Å². The van der Waals surface area contributed by atoms with Crippen LogP contribution in [0.4, 0.5) is 5.69 Å². The van der Waals surface area contributed by atoms with E-state index in [-0.39, 0.29) is 6.04 Å². The van der Waals surface area contributed by atoms with E-state index in [4.69, 9.17) is 15.9 Å². The molecule has 1 aliphatic rings. The molecule has 5 nitrogen and oxygen atoms in total. The van der Waals surface area contributed by atoms with Gasteiger partial charge >= 0.3 is 5.97 Å². The molecule has 5 heteroatoms. The number of nitrogens with two attached hydrogens (primary N) is 1. The van der Waals surface area contributed by atoms with Crippen molar-refractivity contribution in [1.29, 1.82) is 5.41 Å². The number of esters is 1. The Labute approximate surface area is 119 Å². The van der Waals surface area contributed by atoms with E-state index in [1.165, 1.54) is 6.42 Å². The van der Waals surface area contributed by atoms with Crippen molar-refractivity contribution in [1.82, 2.24) is 5.32 Å². The van der Waals surface area contributed by atoms with Crippen molar-refractivity contribution in [3.63, 3.8) is 0 Å². The molecule has 0 saturated carbocycles. The summed E-state index contributed by atoms with van der Waals surface area (Å²) in [4.78, 5) is 11.9. The van der Waals surface area contributed by atoms with Crippen LogP contribution in [0.2, 0.25) is 0 Å². The Morgan fingerprint density at radius 2 is 2.35 bits per heavy atom. The Bertz CT molecular complexity index is 508. The molecule has 0 spiro atoms. The Morgan fingerprint density at radius 3 is 2.95 bits per heavy atom. The van der Waals surface area contributed by atoms with Crippen LogP contribution in [-0.4, -0.2) is 25.3 Å². The van der Waals surface area contributed by atoms with Crippen LogP contribution in [0, 0.1) is 5.41 Å². The van der Waals surface area contributed by atoms with Crippen LogP contribution in [0.15, 0.2) is 12.1 Å². The summed E-state index contributed by atoms with van der Waals surface area (Å²) in [5.41, 5.74) is 8.45. The van der Waals surface area contributed by atoms with Crippen LogP contribution in [0.5, 0.6) is 0 Å². The molecular weight excluding hydrogens is 254 g/mol. The van der Waals surface area contributed by atoms with Gasteiger partial charge in [-0.2, -0.15) is 0 Å². The third-order valence-corrected chi connectivity index (χ3v) is 3.65. The van der Waals surface area contributed by atoms with Crippen LogP contribution in [0.3, 0.4) is 0 Å². The molecule has 2 rings (SSSR count). The van der Waals surface area contributed by atoms with E-state index in [0.29, 0.717) is 23.4 Å². The Hall–Kier alpha value is -1.88. The van der Waals surface area contributed by atoms with E-state index in [9.17, 15) is 4.79 Å². The molecule has 1 aliphatic heterocycles. The van der Waals surface area contributed by atoms with Gasteiger partial charge < -0.3 is 21.2 Å². The molecule has 1 heterocycles. The van der Waals surface area contributed by atoms with Gasteiger partial charge in [-0.1, -0.05) is 12.5 Å². The van der Waals surface area contributed by atoms with Crippen molar-refractivity contribution >= 4 is 17.9 Å². The molecule has 1 aromatic carbocycles. The lowest BCUT2D eigenvalue weighted by Gasteiger charge is -2.26. The lowest BCUT2D eigenvalue weighted by Crippen LogP contribution is -2.28. The number of anilines is 1. The zero-order valence-corrected chi connectivity index (χ0v) is 11.7. The highest BCUT2D eigenvalue weighted by Crippen LogP contribution is 2.30. The predicted molar refractivity (Wildman–Crippen MR) is 79.3 cm³/mol. The van der Waals surface area contributed by atoms with Crippen molar-refractivity contribution in [3.8, 4) is 0 Å². The topological polar surface area (TPSA) is 88.2 Å². The van der Waals surface area contributed by atoms with Crippen LogP contribution in [-0.2, 0) is 4.74 Å². The molecule has 108 valence electrons. The summed E-state index contributed by atoms with van der Waals surface area (Å²) < 4.78 is 5.00. The quantitative estimate of drug-likeness (QED) is 0.447. The molecular formula is C15H21N3O2. The van der Waals surface area contributed by atoms with Gasteiger partial charge in [-0.05, 0) is 37.9 Å². The number of nitrogens with one attached hydrogen (secondary N) is 2.